The fourth-order valence-corrected chi connectivity index (χ4v) is 1.97. The summed E-state index contributed by atoms with van der Waals surface area (Å²) in [5.74, 6) is 0.659. The summed E-state index contributed by atoms with van der Waals surface area (Å²) in [7, 11) is 1.71. The predicted octanol–water partition coefficient (Wildman–Crippen LogP) is 2.31. The maximum Gasteiger partial charge on any atom is 0.254 e. The van der Waals surface area contributed by atoms with E-state index in [1.54, 1.807) is 18.0 Å². The highest BCUT2D eigenvalue weighted by atomic mass is 16.3. The predicted molar refractivity (Wildman–Crippen MR) is 85.7 cm³/mol. The minimum Gasteiger partial charge on any atom is -0.394 e. The Hall–Kier alpha value is -1.62. The van der Waals surface area contributed by atoms with Crippen LogP contribution in [0.2, 0.25) is 0 Å². The minimum atomic E-state index is -0.202. The molecule has 21 heavy (non-hydrogen) atoms. The number of nitrogens with one attached hydrogen (secondary N) is 1. The van der Waals surface area contributed by atoms with E-state index in [0.29, 0.717) is 5.56 Å². The van der Waals surface area contributed by atoms with Gasteiger partial charge in [0, 0.05) is 24.8 Å². The number of nitrogens with zero attached hydrogens (tertiary/aromatic N) is 2. The Morgan fingerprint density at radius 2 is 2.10 bits per heavy atom. The molecule has 0 aliphatic heterocycles. The van der Waals surface area contributed by atoms with Gasteiger partial charge in [-0.15, -0.1) is 0 Å². The molecule has 1 unspecified atom stereocenters. The van der Waals surface area contributed by atoms with Crippen molar-refractivity contribution in [2.24, 2.45) is 0 Å². The first-order valence-electron chi connectivity index (χ1n) is 7.66. The number of carbonyl (C=O) groups is 1. The van der Waals surface area contributed by atoms with Gasteiger partial charge in [-0.2, -0.15) is 0 Å². The number of aryl methyl sites for hydroxylation is 1. The lowest BCUT2D eigenvalue weighted by molar-refractivity contribution is 0.0682. The molecule has 0 radical (unpaired) electrons. The van der Waals surface area contributed by atoms with Crippen LogP contribution in [0.3, 0.4) is 0 Å². The van der Waals surface area contributed by atoms with Crippen LogP contribution in [0.5, 0.6) is 0 Å². The van der Waals surface area contributed by atoms with E-state index >= 15 is 0 Å². The number of aliphatic hydroxyl groups is 1. The summed E-state index contributed by atoms with van der Waals surface area (Å²) in [6.45, 7) is 6.79. The van der Waals surface area contributed by atoms with E-state index < -0.39 is 0 Å². The van der Waals surface area contributed by atoms with E-state index in [9.17, 15) is 9.90 Å². The van der Waals surface area contributed by atoms with Crippen molar-refractivity contribution in [1.29, 1.82) is 0 Å². The molecule has 0 saturated carbocycles. The molecule has 2 N–H and O–H groups in total. The number of hydrogen-bond acceptors (Lipinski definition) is 4. The van der Waals surface area contributed by atoms with Crippen LogP contribution in [0.1, 0.15) is 49.7 Å². The SMILES string of the molecule is CCCNc1cc(C(=O)N(C)C(C)CO)cc(CCC)n1. The van der Waals surface area contributed by atoms with Crippen LogP contribution in [0.25, 0.3) is 0 Å². The lowest BCUT2D eigenvalue weighted by Crippen LogP contribution is -2.37. The number of rotatable bonds is 8. The van der Waals surface area contributed by atoms with Gasteiger partial charge in [-0.05, 0) is 31.9 Å². The van der Waals surface area contributed by atoms with E-state index in [4.69, 9.17) is 0 Å². The Bertz CT molecular complexity index is 463. The maximum absolute atomic E-state index is 12.5. The maximum atomic E-state index is 12.5. The number of amides is 1. The van der Waals surface area contributed by atoms with Crippen LogP contribution in [0, 0.1) is 0 Å². The van der Waals surface area contributed by atoms with E-state index in [0.717, 1.165) is 37.3 Å². The van der Waals surface area contributed by atoms with Crippen LogP contribution in [-0.4, -0.2) is 47.1 Å². The second-order valence-corrected chi connectivity index (χ2v) is 5.36. The molecule has 0 fully saturated rings. The number of carbonyl (C=O) groups excluding carboxylic acids is 1. The second-order valence-electron chi connectivity index (χ2n) is 5.36. The molecule has 0 saturated heterocycles. The number of anilines is 1. The lowest BCUT2D eigenvalue weighted by atomic mass is 10.1. The normalized spacial score (nSPS) is 12.0. The van der Waals surface area contributed by atoms with Gasteiger partial charge < -0.3 is 15.3 Å². The van der Waals surface area contributed by atoms with Gasteiger partial charge in [-0.25, -0.2) is 4.98 Å². The van der Waals surface area contributed by atoms with E-state index in [-0.39, 0.29) is 18.6 Å². The van der Waals surface area contributed by atoms with Gasteiger partial charge in [-0.3, -0.25) is 4.79 Å². The third-order valence-corrected chi connectivity index (χ3v) is 3.43. The molecule has 1 amide bonds. The molecule has 5 heteroatoms. The van der Waals surface area contributed by atoms with Crippen LogP contribution in [-0.2, 0) is 6.42 Å². The third-order valence-electron chi connectivity index (χ3n) is 3.43. The van der Waals surface area contributed by atoms with Gasteiger partial charge in [0.15, 0.2) is 0 Å². The van der Waals surface area contributed by atoms with Crippen molar-refractivity contribution in [1.82, 2.24) is 9.88 Å². The fourth-order valence-electron chi connectivity index (χ4n) is 1.97. The topological polar surface area (TPSA) is 65.5 Å². The molecule has 0 aromatic carbocycles. The monoisotopic (exact) mass is 293 g/mol. The molecule has 1 aromatic heterocycles. The first-order chi connectivity index (χ1) is 10.0. The van der Waals surface area contributed by atoms with Crippen LogP contribution < -0.4 is 5.32 Å². The highest BCUT2D eigenvalue weighted by Crippen LogP contribution is 2.15. The Labute approximate surface area is 127 Å². The highest BCUT2D eigenvalue weighted by molar-refractivity contribution is 5.95. The van der Waals surface area contributed by atoms with Crippen molar-refractivity contribution in [3.05, 3.63) is 23.4 Å². The van der Waals surface area contributed by atoms with E-state index in [1.807, 2.05) is 13.0 Å². The third kappa shape index (κ3) is 5.01. The zero-order valence-electron chi connectivity index (χ0n) is 13.5. The Morgan fingerprint density at radius 3 is 2.67 bits per heavy atom. The zero-order valence-corrected chi connectivity index (χ0v) is 13.5. The van der Waals surface area contributed by atoms with Crippen molar-refractivity contribution >= 4 is 11.7 Å². The van der Waals surface area contributed by atoms with E-state index in [2.05, 4.69) is 24.1 Å². The van der Waals surface area contributed by atoms with Gasteiger partial charge in [-0.1, -0.05) is 20.3 Å². The average Bonchev–Trinajstić information content (AvgIpc) is 2.50. The number of hydrogen-bond donors (Lipinski definition) is 2. The van der Waals surface area contributed by atoms with Crippen molar-refractivity contribution in [2.75, 3.05) is 25.5 Å². The van der Waals surface area contributed by atoms with Gasteiger partial charge in [0.1, 0.15) is 5.82 Å². The molecular formula is C16H27N3O2. The smallest absolute Gasteiger partial charge is 0.254 e. The lowest BCUT2D eigenvalue weighted by Gasteiger charge is -2.23. The number of likely N-dealkylation sites (N-methyl/N-ethyl adjacent to an activating group) is 1. The van der Waals surface area contributed by atoms with Gasteiger partial charge >= 0.3 is 0 Å². The molecular weight excluding hydrogens is 266 g/mol. The Kier molecular flexibility index (Phi) is 7.15. The standard InChI is InChI=1S/C16H27N3O2/c1-5-7-14-9-13(10-15(18-14)17-8-6-2)16(21)19(4)12(3)11-20/h9-10,12,20H,5-8,11H2,1-4H3,(H,17,18). The largest absolute Gasteiger partial charge is 0.394 e. The Balaban J connectivity index is 3.03. The summed E-state index contributed by atoms with van der Waals surface area (Å²) in [4.78, 5) is 18.6. The van der Waals surface area contributed by atoms with Crippen LogP contribution in [0.4, 0.5) is 5.82 Å². The molecule has 5 nitrogen and oxygen atoms in total. The first-order valence-corrected chi connectivity index (χ1v) is 7.66. The zero-order chi connectivity index (χ0) is 15.8. The molecule has 118 valence electrons. The summed E-state index contributed by atoms with van der Waals surface area (Å²) in [6, 6.07) is 3.44. The molecule has 0 aliphatic rings. The second kappa shape index (κ2) is 8.62. The summed E-state index contributed by atoms with van der Waals surface area (Å²) >= 11 is 0. The number of aliphatic hydroxyl groups excluding tert-OH is 1. The van der Waals surface area contributed by atoms with Crippen LogP contribution in [0.15, 0.2) is 12.1 Å². The molecule has 1 atom stereocenters. The fraction of sp³-hybridized carbons (Fsp3) is 0.625. The molecule has 0 aliphatic carbocycles. The summed E-state index contributed by atoms with van der Waals surface area (Å²) in [6.07, 6.45) is 2.84. The minimum absolute atomic E-state index is 0.0456. The summed E-state index contributed by atoms with van der Waals surface area (Å²) in [5.41, 5.74) is 1.54. The average molecular weight is 293 g/mol. The molecule has 1 aromatic rings. The van der Waals surface area contributed by atoms with Gasteiger partial charge in [0.05, 0.1) is 12.6 Å². The summed E-state index contributed by atoms with van der Waals surface area (Å²) in [5, 5.41) is 12.4. The van der Waals surface area contributed by atoms with E-state index in [1.165, 1.54) is 0 Å². The molecule has 1 rings (SSSR count). The quantitative estimate of drug-likeness (QED) is 0.772. The molecule has 1 heterocycles. The van der Waals surface area contributed by atoms with Crippen molar-refractivity contribution in [3.63, 3.8) is 0 Å². The van der Waals surface area contributed by atoms with Crippen molar-refractivity contribution in [2.45, 2.75) is 46.1 Å². The van der Waals surface area contributed by atoms with Gasteiger partial charge in [0.25, 0.3) is 5.91 Å². The molecule has 0 bridgehead atoms. The van der Waals surface area contributed by atoms with Crippen molar-refractivity contribution in [3.8, 4) is 0 Å². The Morgan fingerprint density at radius 1 is 1.38 bits per heavy atom. The first kappa shape index (κ1) is 17.4. The number of aromatic nitrogens is 1. The van der Waals surface area contributed by atoms with Crippen LogP contribution >= 0.6 is 0 Å². The van der Waals surface area contributed by atoms with Gasteiger partial charge in [0.2, 0.25) is 0 Å². The van der Waals surface area contributed by atoms with Crippen molar-refractivity contribution < 1.29 is 9.90 Å². The number of pyridine rings is 1. The highest BCUT2D eigenvalue weighted by Gasteiger charge is 2.18. The summed E-state index contributed by atoms with van der Waals surface area (Å²) < 4.78 is 0. The molecule has 0 spiro atoms.